The standard InChI is InChI=1S/C18H29N3O3/c1-5-24-16-11-15(22)18(16)6-8-21(9-7-18)17(23)14-10-13(12(2)3)19-20(14)4/h10,12,15-16,22H,5-9,11H2,1-4H3. The first-order valence-corrected chi connectivity index (χ1v) is 9.02. The summed E-state index contributed by atoms with van der Waals surface area (Å²) < 4.78 is 7.48. The van der Waals surface area contributed by atoms with Crippen LogP contribution in [0.15, 0.2) is 6.07 Å². The van der Waals surface area contributed by atoms with Crippen molar-refractivity contribution in [1.29, 1.82) is 0 Å². The van der Waals surface area contributed by atoms with Crippen molar-refractivity contribution in [2.75, 3.05) is 19.7 Å². The van der Waals surface area contributed by atoms with Gasteiger partial charge in [-0.2, -0.15) is 5.10 Å². The lowest BCUT2D eigenvalue weighted by atomic mass is 9.58. The molecule has 1 N–H and O–H groups in total. The SMILES string of the molecule is CCOC1CC(O)C12CCN(C(=O)c1cc(C(C)C)nn1C)CC2. The molecule has 0 radical (unpaired) electrons. The highest BCUT2D eigenvalue weighted by atomic mass is 16.5. The quantitative estimate of drug-likeness (QED) is 0.913. The van der Waals surface area contributed by atoms with E-state index in [0.717, 1.165) is 25.0 Å². The first-order chi connectivity index (χ1) is 11.4. The topological polar surface area (TPSA) is 67.6 Å². The van der Waals surface area contributed by atoms with Gasteiger partial charge in [0, 0.05) is 38.6 Å². The highest BCUT2D eigenvalue weighted by Crippen LogP contribution is 2.51. The highest BCUT2D eigenvalue weighted by Gasteiger charge is 2.56. The predicted molar refractivity (Wildman–Crippen MR) is 90.9 cm³/mol. The minimum Gasteiger partial charge on any atom is -0.392 e. The second-order valence-electron chi connectivity index (χ2n) is 7.45. The number of ether oxygens (including phenoxy) is 1. The number of piperidine rings is 1. The molecule has 1 aromatic heterocycles. The molecule has 2 unspecified atom stereocenters. The van der Waals surface area contributed by atoms with Crippen LogP contribution < -0.4 is 0 Å². The summed E-state index contributed by atoms with van der Waals surface area (Å²) in [4.78, 5) is 14.7. The zero-order chi connectivity index (χ0) is 17.5. The fraction of sp³-hybridized carbons (Fsp3) is 0.778. The molecule has 0 aromatic carbocycles. The maximum atomic E-state index is 12.8. The predicted octanol–water partition coefficient (Wildman–Crippen LogP) is 1.94. The normalized spacial score (nSPS) is 26.0. The van der Waals surface area contributed by atoms with E-state index < -0.39 is 0 Å². The summed E-state index contributed by atoms with van der Waals surface area (Å²) in [5.41, 5.74) is 1.44. The van der Waals surface area contributed by atoms with Gasteiger partial charge in [0.15, 0.2) is 0 Å². The smallest absolute Gasteiger partial charge is 0.272 e. The van der Waals surface area contributed by atoms with Gasteiger partial charge in [0.1, 0.15) is 5.69 Å². The molecule has 1 saturated carbocycles. The van der Waals surface area contributed by atoms with E-state index >= 15 is 0 Å². The minimum absolute atomic E-state index is 0.0357. The number of likely N-dealkylation sites (tertiary alicyclic amines) is 1. The van der Waals surface area contributed by atoms with Crippen molar-refractivity contribution in [2.45, 2.75) is 58.2 Å². The van der Waals surface area contributed by atoms with Crippen molar-refractivity contribution in [2.24, 2.45) is 12.5 Å². The molecule has 6 nitrogen and oxygen atoms in total. The molecule has 1 saturated heterocycles. The van der Waals surface area contributed by atoms with E-state index in [2.05, 4.69) is 18.9 Å². The third-order valence-electron chi connectivity index (χ3n) is 5.80. The van der Waals surface area contributed by atoms with E-state index in [0.29, 0.717) is 31.3 Å². The lowest BCUT2D eigenvalue weighted by Gasteiger charge is -2.56. The number of nitrogens with zero attached hydrogens (tertiary/aromatic N) is 3. The molecule has 2 atom stereocenters. The Hall–Kier alpha value is -1.40. The zero-order valence-electron chi connectivity index (χ0n) is 15.2. The van der Waals surface area contributed by atoms with Crippen LogP contribution in [0.4, 0.5) is 0 Å². The second kappa shape index (κ2) is 6.48. The Morgan fingerprint density at radius 2 is 2.12 bits per heavy atom. The van der Waals surface area contributed by atoms with Crippen molar-refractivity contribution < 1.29 is 14.6 Å². The number of hydrogen-bond acceptors (Lipinski definition) is 4. The number of aryl methyl sites for hydroxylation is 1. The molecule has 6 heteroatoms. The molecule has 1 aliphatic heterocycles. The van der Waals surface area contributed by atoms with Gasteiger partial charge in [-0.3, -0.25) is 9.48 Å². The van der Waals surface area contributed by atoms with Gasteiger partial charge in [-0.1, -0.05) is 13.8 Å². The molecular weight excluding hydrogens is 306 g/mol. The van der Waals surface area contributed by atoms with Crippen LogP contribution in [0.25, 0.3) is 0 Å². The van der Waals surface area contributed by atoms with E-state index in [1.165, 1.54) is 0 Å². The van der Waals surface area contributed by atoms with Crippen molar-refractivity contribution in [3.05, 3.63) is 17.5 Å². The van der Waals surface area contributed by atoms with E-state index in [1.54, 1.807) is 4.68 Å². The van der Waals surface area contributed by atoms with Gasteiger partial charge >= 0.3 is 0 Å². The van der Waals surface area contributed by atoms with Crippen molar-refractivity contribution in [1.82, 2.24) is 14.7 Å². The van der Waals surface area contributed by atoms with Gasteiger partial charge in [0.25, 0.3) is 5.91 Å². The van der Waals surface area contributed by atoms with Gasteiger partial charge in [-0.25, -0.2) is 0 Å². The molecule has 2 heterocycles. The average Bonchev–Trinajstić information content (AvgIpc) is 2.96. The van der Waals surface area contributed by atoms with Crippen LogP contribution in [-0.2, 0) is 11.8 Å². The van der Waals surface area contributed by atoms with Gasteiger partial charge < -0.3 is 14.7 Å². The maximum absolute atomic E-state index is 12.8. The number of carbonyl (C=O) groups is 1. The van der Waals surface area contributed by atoms with Crippen LogP contribution in [0, 0.1) is 5.41 Å². The fourth-order valence-corrected chi connectivity index (χ4v) is 4.08. The van der Waals surface area contributed by atoms with E-state index in [9.17, 15) is 9.90 Å². The summed E-state index contributed by atoms with van der Waals surface area (Å²) in [6.45, 7) is 8.16. The molecule has 0 bridgehead atoms. The number of amides is 1. The third kappa shape index (κ3) is 2.75. The van der Waals surface area contributed by atoms with Gasteiger partial charge in [-0.15, -0.1) is 0 Å². The summed E-state index contributed by atoms with van der Waals surface area (Å²) in [5, 5.41) is 14.7. The van der Waals surface area contributed by atoms with Gasteiger partial charge in [0.2, 0.25) is 0 Å². The number of aliphatic hydroxyl groups excluding tert-OH is 1. The lowest BCUT2D eigenvalue weighted by Crippen LogP contribution is -2.62. The average molecular weight is 335 g/mol. The van der Waals surface area contributed by atoms with Gasteiger partial charge in [-0.05, 0) is 31.7 Å². The minimum atomic E-state index is -0.296. The van der Waals surface area contributed by atoms with Crippen molar-refractivity contribution in [3.63, 3.8) is 0 Å². The first-order valence-electron chi connectivity index (χ1n) is 9.02. The summed E-state index contributed by atoms with van der Waals surface area (Å²) in [7, 11) is 1.82. The van der Waals surface area contributed by atoms with E-state index in [-0.39, 0.29) is 23.5 Å². The van der Waals surface area contributed by atoms with Crippen LogP contribution in [0.2, 0.25) is 0 Å². The molecule has 2 fully saturated rings. The second-order valence-corrected chi connectivity index (χ2v) is 7.45. The Labute approximate surface area is 143 Å². The van der Waals surface area contributed by atoms with Crippen LogP contribution >= 0.6 is 0 Å². The third-order valence-corrected chi connectivity index (χ3v) is 5.80. The molecule has 3 rings (SSSR count). The Morgan fingerprint density at radius 1 is 1.46 bits per heavy atom. The number of rotatable bonds is 4. The molecule has 1 amide bonds. The lowest BCUT2D eigenvalue weighted by molar-refractivity contribution is -0.207. The van der Waals surface area contributed by atoms with Gasteiger partial charge in [0.05, 0.1) is 17.9 Å². The Morgan fingerprint density at radius 3 is 2.62 bits per heavy atom. The number of aromatic nitrogens is 2. The Balaban J connectivity index is 1.67. The Bertz CT molecular complexity index is 601. The molecule has 1 aromatic rings. The molecule has 24 heavy (non-hydrogen) atoms. The first kappa shape index (κ1) is 17.4. The summed E-state index contributed by atoms with van der Waals surface area (Å²) >= 11 is 0. The number of hydrogen-bond donors (Lipinski definition) is 1. The molecule has 2 aliphatic rings. The summed E-state index contributed by atoms with van der Waals surface area (Å²) in [6.07, 6.45) is 2.18. The van der Waals surface area contributed by atoms with Crippen LogP contribution in [0.1, 0.15) is 62.1 Å². The molecular formula is C18H29N3O3. The largest absolute Gasteiger partial charge is 0.392 e. The van der Waals surface area contributed by atoms with Crippen molar-refractivity contribution >= 4 is 5.91 Å². The van der Waals surface area contributed by atoms with Crippen LogP contribution in [0.5, 0.6) is 0 Å². The Kier molecular flexibility index (Phi) is 4.71. The zero-order valence-corrected chi connectivity index (χ0v) is 15.2. The maximum Gasteiger partial charge on any atom is 0.272 e. The summed E-state index contributed by atoms with van der Waals surface area (Å²) in [6, 6.07) is 1.90. The fourth-order valence-electron chi connectivity index (χ4n) is 4.08. The van der Waals surface area contributed by atoms with E-state index in [1.807, 2.05) is 24.9 Å². The molecule has 134 valence electrons. The van der Waals surface area contributed by atoms with Crippen LogP contribution in [-0.4, -0.2) is 57.6 Å². The highest BCUT2D eigenvalue weighted by molar-refractivity contribution is 5.92. The number of carbonyl (C=O) groups excluding carboxylic acids is 1. The molecule has 1 spiro atoms. The summed E-state index contributed by atoms with van der Waals surface area (Å²) in [5.74, 6) is 0.341. The number of aliphatic hydroxyl groups is 1. The molecule has 1 aliphatic carbocycles. The van der Waals surface area contributed by atoms with Crippen molar-refractivity contribution in [3.8, 4) is 0 Å². The van der Waals surface area contributed by atoms with E-state index in [4.69, 9.17) is 4.74 Å². The van der Waals surface area contributed by atoms with Crippen LogP contribution in [0.3, 0.4) is 0 Å². The monoisotopic (exact) mass is 335 g/mol.